The quantitative estimate of drug-likeness (QED) is 0.287. The van der Waals surface area contributed by atoms with E-state index >= 15 is 0 Å². The van der Waals surface area contributed by atoms with Crippen molar-refractivity contribution >= 4 is 39.1 Å². The van der Waals surface area contributed by atoms with Crippen LogP contribution in [0.25, 0.3) is 0 Å². The van der Waals surface area contributed by atoms with Gasteiger partial charge in [-0.05, 0) is 35.2 Å². The zero-order chi connectivity index (χ0) is 31.1. The average molecular weight is 624 g/mol. The predicted octanol–water partition coefficient (Wildman–Crippen LogP) is 5.54. The van der Waals surface area contributed by atoms with Crippen LogP contribution in [0.3, 0.4) is 0 Å². The fourth-order valence-electron chi connectivity index (χ4n) is 4.26. The topological polar surface area (TPSA) is 86.8 Å². The highest BCUT2D eigenvalue weighted by molar-refractivity contribution is 7.92. The molecule has 0 fully saturated rings. The number of hydrogen-bond acceptors (Lipinski definition) is 4. The van der Waals surface area contributed by atoms with E-state index in [1.165, 1.54) is 4.90 Å². The molecule has 0 heterocycles. The Morgan fingerprint density at radius 3 is 2.02 bits per heavy atom. The van der Waals surface area contributed by atoms with Gasteiger partial charge in [-0.15, -0.1) is 0 Å². The molecular formula is C30H33ClF3N3O4S. The third-order valence-electron chi connectivity index (χ3n) is 6.37. The number of carbonyl (C=O) groups is 2. The van der Waals surface area contributed by atoms with Crippen molar-refractivity contribution in [1.82, 2.24) is 10.2 Å². The predicted molar refractivity (Wildman–Crippen MR) is 157 cm³/mol. The lowest BCUT2D eigenvalue weighted by molar-refractivity contribution is -0.140. The molecule has 226 valence electrons. The lowest BCUT2D eigenvalue weighted by atomic mass is 10.0. The first-order valence-electron chi connectivity index (χ1n) is 13.2. The van der Waals surface area contributed by atoms with Gasteiger partial charge in [0.25, 0.3) is 0 Å². The highest BCUT2D eigenvalue weighted by Crippen LogP contribution is 2.37. The first-order chi connectivity index (χ1) is 19.7. The summed E-state index contributed by atoms with van der Waals surface area (Å²) in [5, 5.41) is 2.26. The smallest absolute Gasteiger partial charge is 0.354 e. The number of sulfonamides is 1. The SMILES string of the molecule is CC(C)CNC(=O)[C@H](Cc1ccccc1)N(Cc1ccccc1)C(=O)CN(c1ccc(Cl)c(C(F)(F)F)c1)S(C)(=O)=O. The zero-order valence-corrected chi connectivity index (χ0v) is 25.0. The van der Waals surface area contributed by atoms with Crippen LogP contribution in [0.4, 0.5) is 18.9 Å². The van der Waals surface area contributed by atoms with Gasteiger partial charge in [-0.2, -0.15) is 13.2 Å². The van der Waals surface area contributed by atoms with Gasteiger partial charge in [0.2, 0.25) is 21.8 Å². The molecule has 7 nitrogen and oxygen atoms in total. The zero-order valence-electron chi connectivity index (χ0n) is 23.4. The molecule has 0 bridgehead atoms. The fraction of sp³-hybridized carbons (Fsp3) is 0.333. The molecule has 1 N–H and O–H groups in total. The monoisotopic (exact) mass is 623 g/mol. The summed E-state index contributed by atoms with van der Waals surface area (Å²) < 4.78 is 67.0. The lowest BCUT2D eigenvalue weighted by Gasteiger charge is -2.33. The van der Waals surface area contributed by atoms with E-state index in [0.717, 1.165) is 24.0 Å². The van der Waals surface area contributed by atoms with E-state index in [4.69, 9.17) is 11.6 Å². The number of hydrogen-bond donors (Lipinski definition) is 1. The Morgan fingerprint density at radius 1 is 0.929 bits per heavy atom. The molecule has 3 aromatic rings. The molecule has 0 aliphatic rings. The van der Waals surface area contributed by atoms with Gasteiger partial charge in [0.1, 0.15) is 12.6 Å². The highest BCUT2D eigenvalue weighted by atomic mass is 35.5. The third-order valence-corrected chi connectivity index (χ3v) is 7.84. The Kier molecular flexibility index (Phi) is 11.0. The van der Waals surface area contributed by atoms with Crippen LogP contribution in [0.15, 0.2) is 78.9 Å². The van der Waals surface area contributed by atoms with Gasteiger partial charge in [-0.1, -0.05) is 86.1 Å². The molecule has 1 atom stereocenters. The summed E-state index contributed by atoms with van der Waals surface area (Å²) in [5.41, 5.74) is -0.178. The summed E-state index contributed by atoms with van der Waals surface area (Å²) in [6.07, 6.45) is -3.93. The molecule has 2 amide bonds. The number of rotatable bonds is 12. The number of anilines is 1. The Balaban J connectivity index is 2.07. The Morgan fingerprint density at radius 2 is 1.50 bits per heavy atom. The minimum atomic E-state index is -4.85. The fourth-order valence-corrected chi connectivity index (χ4v) is 5.32. The van der Waals surface area contributed by atoms with Gasteiger partial charge >= 0.3 is 6.18 Å². The summed E-state index contributed by atoms with van der Waals surface area (Å²) in [6.45, 7) is 3.30. The highest BCUT2D eigenvalue weighted by Gasteiger charge is 2.36. The molecule has 3 aromatic carbocycles. The maximum absolute atomic E-state index is 14.0. The summed E-state index contributed by atoms with van der Waals surface area (Å²) in [4.78, 5) is 28.8. The molecule has 0 spiro atoms. The van der Waals surface area contributed by atoms with E-state index in [9.17, 15) is 31.2 Å². The first kappa shape index (κ1) is 32.9. The van der Waals surface area contributed by atoms with Crippen LogP contribution >= 0.6 is 11.6 Å². The standard InChI is InChI=1S/C30H33ClF3N3O4S/c1-21(2)18-35-29(39)27(16-22-10-6-4-7-11-22)36(19-23-12-8-5-9-13-23)28(38)20-37(42(3,40)41)24-14-15-26(31)25(17-24)30(32,33)34/h4-15,17,21,27H,16,18-20H2,1-3H3,(H,35,39)/t27-/m0/s1. The van der Waals surface area contributed by atoms with Crippen molar-refractivity contribution in [1.29, 1.82) is 0 Å². The number of amides is 2. The van der Waals surface area contributed by atoms with E-state index in [-0.39, 0.29) is 24.6 Å². The van der Waals surface area contributed by atoms with Crippen LogP contribution in [-0.4, -0.2) is 50.5 Å². The van der Waals surface area contributed by atoms with Crippen molar-refractivity contribution in [2.24, 2.45) is 5.92 Å². The molecule has 42 heavy (non-hydrogen) atoms. The lowest BCUT2D eigenvalue weighted by Crippen LogP contribution is -2.53. The van der Waals surface area contributed by atoms with Gasteiger partial charge in [0.05, 0.1) is 22.5 Å². The second-order valence-corrected chi connectivity index (χ2v) is 12.6. The van der Waals surface area contributed by atoms with E-state index < -0.39 is 51.2 Å². The normalized spacial score (nSPS) is 12.6. The molecule has 0 aromatic heterocycles. The average Bonchev–Trinajstić information content (AvgIpc) is 2.92. The molecule has 0 aliphatic heterocycles. The summed E-state index contributed by atoms with van der Waals surface area (Å²) in [5.74, 6) is -1.08. The molecular weight excluding hydrogens is 591 g/mol. The molecule has 0 aliphatic carbocycles. The molecule has 0 unspecified atom stereocenters. The van der Waals surface area contributed by atoms with Crippen LogP contribution in [0.2, 0.25) is 5.02 Å². The Labute approximate surface area is 249 Å². The number of benzene rings is 3. The summed E-state index contributed by atoms with van der Waals surface area (Å²) in [6, 6.07) is 19.4. The first-order valence-corrected chi connectivity index (χ1v) is 15.4. The van der Waals surface area contributed by atoms with E-state index in [2.05, 4.69) is 5.32 Å². The van der Waals surface area contributed by atoms with Crippen molar-refractivity contribution < 1.29 is 31.2 Å². The minimum absolute atomic E-state index is 0.0434. The van der Waals surface area contributed by atoms with Crippen LogP contribution in [0.1, 0.15) is 30.5 Å². The van der Waals surface area contributed by atoms with E-state index in [1.54, 1.807) is 42.5 Å². The van der Waals surface area contributed by atoms with Crippen LogP contribution in [0.5, 0.6) is 0 Å². The van der Waals surface area contributed by atoms with Crippen molar-refractivity contribution in [3.05, 3.63) is 101 Å². The second-order valence-electron chi connectivity index (χ2n) is 10.3. The number of halogens is 4. The third kappa shape index (κ3) is 9.22. The number of nitrogens with one attached hydrogen (secondary N) is 1. The summed E-state index contributed by atoms with van der Waals surface area (Å²) in [7, 11) is -4.25. The van der Waals surface area contributed by atoms with E-state index in [1.807, 2.05) is 32.0 Å². The van der Waals surface area contributed by atoms with Crippen LogP contribution in [0, 0.1) is 5.92 Å². The molecule has 0 saturated carbocycles. The maximum atomic E-state index is 14.0. The van der Waals surface area contributed by atoms with Gasteiger partial charge < -0.3 is 10.2 Å². The van der Waals surface area contributed by atoms with Crippen LogP contribution < -0.4 is 9.62 Å². The van der Waals surface area contributed by atoms with Crippen molar-refractivity contribution in [2.45, 2.75) is 39.0 Å². The van der Waals surface area contributed by atoms with Crippen molar-refractivity contribution in [3.8, 4) is 0 Å². The number of nitrogens with zero attached hydrogens (tertiary/aromatic N) is 2. The Bertz CT molecular complexity index is 1470. The number of alkyl halides is 3. The van der Waals surface area contributed by atoms with Gasteiger partial charge in [0.15, 0.2) is 0 Å². The molecule has 3 rings (SSSR count). The van der Waals surface area contributed by atoms with Crippen LogP contribution in [-0.2, 0) is 38.8 Å². The Hall–Kier alpha value is -3.57. The summed E-state index contributed by atoms with van der Waals surface area (Å²) >= 11 is 5.74. The van der Waals surface area contributed by atoms with Gasteiger partial charge in [-0.25, -0.2) is 8.42 Å². The minimum Gasteiger partial charge on any atom is -0.354 e. The molecule has 0 saturated heterocycles. The second kappa shape index (κ2) is 14.1. The van der Waals surface area contributed by atoms with Gasteiger partial charge in [0, 0.05) is 19.5 Å². The largest absolute Gasteiger partial charge is 0.417 e. The number of carbonyl (C=O) groups excluding carboxylic acids is 2. The van der Waals surface area contributed by atoms with Crippen molar-refractivity contribution in [3.63, 3.8) is 0 Å². The molecule has 12 heteroatoms. The van der Waals surface area contributed by atoms with E-state index in [0.29, 0.717) is 22.5 Å². The van der Waals surface area contributed by atoms with Gasteiger partial charge in [-0.3, -0.25) is 13.9 Å². The van der Waals surface area contributed by atoms with Crippen molar-refractivity contribution in [2.75, 3.05) is 23.7 Å². The maximum Gasteiger partial charge on any atom is 0.417 e. The molecule has 0 radical (unpaired) electrons.